The van der Waals surface area contributed by atoms with Crippen LogP contribution in [-0.4, -0.2) is 24.1 Å². The third-order valence-corrected chi connectivity index (χ3v) is 3.91. The number of sulfonamides is 1. The lowest BCUT2D eigenvalue weighted by molar-refractivity contribution is 0.102. The average molecular weight is 377 g/mol. The highest BCUT2D eigenvalue weighted by molar-refractivity contribution is 9.10. The van der Waals surface area contributed by atoms with Crippen LogP contribution in [0.15, 0.2) is 33.8 Å². The summed E-state index contributed by atoms with van der Waals surface area (Å²) < 4.78 is 38.1. The van der Waals surface area contributed by atoms with Gasteiger partial charge in [-0.25, -0.2) is 17.9 Å². The summed E-state index contributed by atoms with van der Waals surface area (Å²) in [5, 5.41) is 11.0. The van der Waals surface area contributed by atoms with Gasteiger partial charge in [-0.3, -0.25) is 9.48 Å². The summed E-state index contributed by atoms with van der Waals surface area (Å²) in [4.78, 5) is 11.6. The van der Waals surface area contributed by atoms with Crippen molar-refractivity contribution in [1.82, 2.24) is 9.78 Å². The van der Waals surface area contributed by atoms with E-state index in [1.54, 1.807) is 0 Å². The van der Waals surface area contributed by atoms with Gasteiger partial charge in [-0.1, -0.05) is 15.9 Å². The maximum atomic E-state index is 13.7. The highest BCUT2D eigenvalue weighted by Crippen LogP contribution is 2.20. The van der Waals surface area contributed by atoms with E-state index in [9.17, 15) is 17.6 Å². The Hall–Kier alpha value is -1.78. The molecule has 1 aromatic heterocycles. The Morgan fingerprint density at radius 3 is 2.71 bits per heavy atom. The summed E-state index contributed by atoms with van der Waals surface area (Å²) in [6, 6.07) is 3.86. The van der Waals surface area contributed by atoms with E-state index in [0.29, 0.717) is 4.47 Å². The van der Waals surface area contributed by atoms with Gasteiger partial charge in [-0.15, -0.1) is 0 Å². The number of hydrogen-bond acceptors (Lipinski definition) is 4. The monoisotopic (exact) mass is 376 g/mol. The Balaban J connectivity index is 2.36. The Morgan fingerprint density at radius 1 is 1.48 bits per heavy atom. The molecule has 112 valence electrons. The minimum absolute atomic E-state index is 0.246. The van der Waals surface area contributed by atoms with Crippen LogP contribution in [0.1, 0.15) is 10.4 Å². The summed E-state index contributed by atoms with van der Waals surface area (Å²) in [5.41, 5.74) is -0.246. The van der Waals surface area contributed by atoms with Crippen molar-refractivity contribution in [2.75, 3.05) is 5.32 Å². The van der Waals surface area contributed by atoms with Crippen LogP contribution in [0, 0.1) is 5.82 Å². The van der Waals surface area contributed by atoms with Crippen molar-refractivity contribution in [3.8, 4) is 0 Å². The van der Waals surface area contributed by atoms with Gasteiger partial charge in [0, 0.05) is 17.7 Å². The smallest absolute Gasteiger partial charge is 0.259 e. The van der Waals surface area contributed by atoms with Gasteiger partial charge in [0.05, 0.1) is 5.56 Å². The summed E-state index contributed by atoms with van der Waals surface area (Å²) in [5.74, 6) is -1.84. The second kappa shape index (κ2) is 5.54. The zero-order valence-electron chi connectivity index (χ0n) is 10.7. The van der Waals surface area contributed by atoms with Crippen LogP contribution in [0.25, 0.3) is 0 Å². The number of benzene rings is 1. The molecule has 3 N–H and O–H groups in total. The molecule has 1 heterocycles. The quantitative estimate of drug-likeness (QED) is 0.839. The normalized spacial score (nSPS) is 11.4. The van der Waals surface area contributed by atoms with E-state index in [-0.39, 0.29) is 16.3 Å². The maximum Gasteiger partial charge on any atom is 0.259 e. The molecule has 0 spiro atoms. The van der Waals surface area contributed by atoms with Crippen molar-refractivity contribution < 1.29 is 17.6 Å². The van der Waals surface area contributed by atoms with E-state index in [1.165, 1.54) is 23.9 Å². The van der Waals surface area contributed by atoms with Crippen LogP contribution in [0.2, 0.25) is 0 Å². The van der Waals surface area contributed by atoms with Gasteiger partial charge in [-0.05, 0) is 18.2 Å². The first kappa shape index (κ1) is 15.6. The van der Waals surface area contributed by atoms with E-state index in [0.717, 1.165) is 12.3 Å². The van der Waals surface area contributed by atoms with Crippen LogP contribution in [0.3, 0.4) is 0 Å². The van der Waals surface area contributed by atoms with Crippen molar-refractivity contribution in [3.63, 3.8) is 0 Å². The highest BCUT2D eigenvalue weighted by atomic mass is 79.9. The fourth-order valence-electron chi connectivity index (χ4n) is 1.61. The van der Waals surface area contributed by atoms with E-state index in [4.69, 9.17) is 5.14 Å². The Labute approximate surface area is 128 Å². The molecule has 0 atom stereocenters. The van der Waals surface area contributed by atoms with Crippen molar-refractivity contribution in [1.29, 1.82) is 0 Å². The first-order valence-corrected chi connectivity index (χ1v) is 7.85. The Morgan fingerprint density at radius 2 is 2.14 bits per heavy atom. The first-order chi connectivity index (χ1) is 9.68. The average Bonchev–Trinajstić information content (AvgIpc) is 2.69. The van der Waals surface area contributed by atoms with Crippen molar-refractivity contribution in [3.05, 3.63) is 40.2 Å². The van der Waals surface area contributed by atoms with E-state index >= 15 is 0 Å². The number of nitrogens with two attached hydrogens (primary N) is 1. The number of nitrogens with one attached hydrogen (secondary N) is 1. The molecule has 2 rings (SSSR count). The van der Waals surface area contributed by atoms with Gasteiger partial charge in [0.25, 0.3) is 5.91 Å². The Bertz CT molecular complexity index is 819. The molecule has 0 aliphatic heterocycles. The van der Waals surface area contributed by atoms with Crippen molar-refractivity contribution >= 4 is 37.7 Å². The van der Waals surface area contributed by atoms with Gasteiger partial charge < -0.3 is 5.32 Å². The second-order valence-corrected chi connectivity index (χ2v) is 6.58. The minimum Gasteiger partial charge on any atom is -0.304 e. The lowest BCUT2D eigenvalue weighted by Crippen LogP contribution is -2.18. The van der Waals surface area contributed by atoms with E-state index in [2.05, 4.69) is 26.3 Å². The fraction of sp³-hybridized carbons (Fsp3) is 0.0909. The van der Waals surface area contributed by atoms with Crippen LogP contribution >= 0.6 is 15.9 Å². The molecule has 1 aromatic carbocycles. The van der Waals surface area contributed by atoms with Gasteiger partial charge in [0.1, 0.15) is 10.7 Å². The van der Waals surface area contributed by atoms with Gasteiger partial charge >= 0.3 is 0 Å². The van der Waals surface area contributed by atoms with E-state index < -0.39 is 21.7 Å². The Kier molecular flexibility index (Phi) is 4.12. The molecule has 7 nitrogen and oxygen atoms in total. The SMILES string of the molecule is Cn1cc(S(N)(=O)=O)c(NC(=O)c2ccc(Br)cc2F)n1. The van der Waals surface area contributed by atoms with Crippen LogP contribution in [0.5, 0.6) is 0 Å². The molecule has 0 aliphatic carbocycles. The molecule has 0 saturated heterocycles. The first-order valence-electron chi connectivity index (χ1n) is 5.51. The predicted molar refractivity (Wildman–Crippen MR) is 76.6 cm³/mol. The number of primary sulfonamides is 1. The second-order valence-electron chi connectivity index (χ2n) is 4.14. The topological polar surface area (TPSA) is 107 Å². The standard InChI is InChI=1S/C11H10BrFN4O3S/c1-17-5-9(21(14,19)20)10(16-17)15-11(18)7-3-2-6(12)4-8(7)13/h2-5H,1H3,(H2,14,19,20)(H,15,16,18). The van der Waals surface area contributed by atoms with Gasteiger partial charge in [0.15, 0.2) is 5.82 Å². The molecule has 1 amide bonds. The third kappa shape index (κ3) is 3.46. The van der Waals surface area contributed by atoms with Crippen LogP contribution in [0.4, 0.5) is 10.2 Å². The zero-order valence-corrected chi connectivity index (χ0v) is 13.1. The molecule has 2 aromatic rings. The number of carbonyl (C=O) groups excluding carboxylic acids is 1. The molecule has 0 aliphatic rings. The van der Waals surface area contributed by atoms with Crippen LogP contribution < -0.4 is 10.5 Å². The van der Waals surface area contributed by atoms with Gasteiger partial charge in [0.2, 0.25) is 10.0 Å². The molecule has 0 unspecified atom stereocenters. The molecule has 21 heavy (non-hydrogen) atoms. The molecular formula is C11H10BrFN4O3S. The highest BCUT2D eigenvalue weighted by Gasteiger charge is 2.21. The lowest BCUT2D eigenvalue weighted by Gasteiger charge is -2.05. The maximum absolute atomic E-state index is 13.7. The number of halogens is 2. The number of carbonyl (C=O) groups is 1. The predicted octanol–water partition coefficient (Wildman–Crippen LogP) is 1.22. The van der Waals surface area contributed by atoms with Crippen molar-refractivity contribution in [2.24, 2.45) is 12.2 Å². The molecular weight excluding hydrogens is 367 g/mol. The molecule has 0 radical (unpaired) electrons. The minimum atomic E-state index is -4.06. The molecule has 0 bridgehead atoms. The lowest BCUT2D eigenvalue weighted by atomic mass is 10.2. The van der Waals surface area contributed by atoms with Crippen molar-refractivity contribution in [2.45, 2.75) is 4.90 Å². The fourth-order valence-corrected chi connectivity index (χ4v) is 2.60. The molecule has 0 saturated carbocycles. The van der Waals surface area contributed by atoms with Crippen LogP contribution in [-0.2, 0) is 17.1 Å². The largest absolute Gasteiger partial charge is 0.304 e. The number of nitrogens with zero attached hydrogens (tertiary/aromatic N) is 2. The molecule has 0 fully saturated rings. The number of amides is 1. The number of aryl methyl sites for hydroxylation is 1. The number of aromatic nitrogens is 2. The summed E-state index contributed by atoms with van der Waals surface area (Å²) in [7, 11) is -2.59. The number of hydrogen-bond donors (Lipinski definition) is 2. The molecule has 10 heteroatoms. The summed E-state index contributed by atoms with van der Waals surface area (Å²) in [6.07, 6.45) is 1.14. The number of anilines is 1. The summed E-state index contributed by atoms with van der Waals surface area (Å²) >= 11 is 3.07. The number of rotatable bonds is 3. The van der Waals surface area contributed by atoms with E-state index in [1.807, 2.05) is 0 Å². The third-order valence-electron chi connectivity index (χ3n) is 2.51. The van der Waals surface area contributed by atoms with Gasteiger partial charge in [-0.2, -0.15) is 5.10 Å². The zero-order chi connectivity index (χ0) is 15.8. The summed E-state index contributed by atoms with van der Waals surface area (Å²) in [6.45, 7) is 0.